The van der Waals surface area contributed by atoms with Gasteiger partial charge in [0.25, 0.3) is 0 Å². The molecule has 1 saturated heterocycles. The highest BCUT2D eigenvalue weighted by atomic mass is 31.2. The van der Waals surface area contributed by atoms with Crippen LogP contribution in [0.4, 0.5) is 0 Å². The lowest BCUT2D eigenvalue weighted by molar-refractivity contribution is -0.216. The molecule has 1 aliphatic heterocycles. The monoisotopic (exact) mass is 1000 g/mol. The predicted octanol–water partition coefficient (Wildman–Crippen LogP) is 8.38. The van der Waals surface area contributed by atoms with Crippen molar-refractivity contribution in [1.82, 2.24) is 0 Å². The molecule has 0 aromatic heterocycles. The molecule has 2 aliphatic rings. The van der Waals surface area contributed by atoms with Crippen molar-refractivity contribution in [3.05, 3.63) is 85.1 Å². The summed E-state index contributed by atoms with van der Waals surface area (Å²) < 4.78 is 55.0. The van der Waals surface area contributed by atoms with Gasteiger partial charge in [0, 0.05) is 12.8 Å². The maximum atomic E-state index is 13.0. The van der Waals surface area contributed by atoms with Crippen molar-refractivity contribution in [2.75, 3.05) is 13.2 Å². The van der Waals surface area contributed by atoms with E-state index in [2.05, 4.69) is 73.1 Å². The van der Waals surface area contributed by atoms with Gasteiger partial charge < -0.3 is 49.3 Å². The van der Waals surface area contributed by atoms with E-state index >= 15 is 0 Å². The topological polar surface area (TPSA) is 269 Å². The Morgan fingerprint density at radius 2 is 1.01 bits per heavy atom. The van der Waals surface area contributed by atoms with Gasteiger partial charge in [-0.1, -0.05) is 131 Å². The number of ether oxygens (including phenoxy) is 3. The molecule has 1 heterocycles. The average molecular weight is 1000 g/mol. The van der Waals surface area contributed by atoms with Crippen molar-refractivity contribution in [2.45, 2.75) is 197 Å². The van der Waals surface area contributed by atoms with Crippen LogP contribution >= 0.6 is 15.6 Å². The van der Waals surface area contributed by atoms with E-state index in [4.69, 9.17) is 23.3 Å². The number of phosphoric ester groups is 2. The highest BCUT2D eigenvalue weighted by molar-refractivity contribution is 7.47. The summed E-state index contributed by atoms with van der Waals surface area (Å²) >= 11 is 0. The van der Waals surface area contributed by atoms with Crippen LogP contribution in [0.3, 0.4) is 0 Å². The Bertz CT molecular complexity index is 1700. The smallest absolute Gasteiger partial charge is 0.462 e. The van der Waals surface area contributed by atoms with E-state index in [0.717, 1.165) is 44.9 Å². The van der Waals surface area contributed by atoms with E-state index in [-0.39, 0.29) is 12.8 Å². The number of hydrogen-bond donors (Lipinski definition) is 7. The molecule has 1 aliphatic carbocycles. The van der Waals surface area contributed by atoms with Crippen LogP contribution in [0.15, 0.2) is 85.1 Å². The highest BCUT2D eigenvalue weighted by Crippen LogP contribution is 2.49. The van der Waals surface area contributed by atoms with Gasteiger partial charge in [0.05, 0.1) is 18.8 Å². The number of hydrogen-bond acceptors (Lipinski definition) is 14. The first kappa shape index (κ1) is 61.3. The molecule has 388 valence electrons. The number of aliphatic hydroxyl groups excluding tert-OH is 4. The van der Waals surface area contributed by atoms with Crippen molar-refractivity contribution in [3.63, 3.8) is 0 Å². The van der Waals surface area contributed by atoms with E-state index in [0.29, 0.717) is 44.3 Å². The third-order valence-corrected chi connectivity index (χ3v) is 12.4. The molecule has 19 heteroatoms. The quantitative estimate of drug-likeness (QED) is 0.0101. The highest BCUT2D eigenvalue weighted by Gasteiger charge is 2.54. The van der Waals surface area contributed by atoms with Crippen molar-refractivity contribution in [2.24, 2.45) is 0 Å². The molecule has 7 unspecified atom stereocenters. The van der Waals surface area contributed by atoms with Gasteiger partial charge in [-0.2, -0.15) is 0 Å². The second kappa shape index (κ2) is 36.1. The van der Waals surface area contributed by atoms with E-state index in [1.165, 1.54) is 38.5 Å². The van der Waals surface area contributed by atoms with Crippen molar-refractivity contribution < 1.29 is 81.6 Å². The number of carbonyl (C=O) groups excluding carboxylic acids is 2. The molecular weight excluding hydrogens is 922 g/mol. The molecule has 0 bridgehead atoms. The molecule has 2 rings (SSSR count). The molecule has 2 fully saturated rings. The largest absolute Gasteiger partial charge is 0.472 e. The maximum absolute atomic E-state index is 13.0. The summed E-state index contributed by atoms with van der Waals surface area (Å²) in [4.78, 5) is 54.3. The zero-order valence-electron chi connectivity index (χ0n) is 39.9. The molecular formula is C49H80O17P2. The zero-order chi connectivity index (χ0) is 50.0. The molecule has 0 aromatic rings. The summed E-state index contributed by atoms with van der Waals surface area (Å²) in [7, 11) is -10.7. The third kappa shape index (κ3) is 29.4. The fourth-order valence-electron chi connectivity index (χ4n) is 6.99. The Hall–Kier alpha value is -2.86. The lowest BCUT2D eigenvalue weighted by atomic mass is 9.85. The molecule has 0 spiro atoms. The lowest BCUT2D eigenvalue weighted by Gasteiger charge is -2.43. The summed E-state index contributed by atoms with van der Waals surface area (Å²) in [6.45, 7) is 2.94. The average Bonchev–Trinajstić information content (AvgIpc) is 4.05. The fraction of sp³-hybridized carbons (Fsp3) is 0.673. The van der Waals surface area contributed by atoms with Gasteiger partial charge in [0.1, 0.15) is 43.2 Å². The van der Waals surface area contributed by atoms with Gasteiger partial charge in [-0.15, -0.1) is 0 Å². The van der Waals surface area contributed by atoms with E-state index < -0.39 is 83.5 Å². The molecule has 0 radical (unpaired) electrons. The van der Waals surface area contributed by atoms with Crippen molar-refractivity contribution in [1.29, 1.82) is 0 Å². The minimum atomic E-state index is -5.38. The van der Waals surface area contributed by atoms with Crippen LogP contribution in [-0.4, -0.2) is 115 Å². The standard InChI is InChI=1S/C49H80O17P2/c1-3-5-7-8-9-10-11-12-13-14-15-16-17-21-24-27-31-35-42(50)61-37-39(38-62-68(59,60)66-49-46(54)44(52)45(53)48(47(49)55)65-67(56,57)58)63-43(51)36-32-28-25-22-19-18-20-23-26-30-34-41-40(64-41)33-29-6-4-2/h9-10,12-13,15-16,18,20-22,24-26,30,39-41,44-49,52-55H,3-8,11,14,17,19,23,27-29,31-38H2,1-2H3,(H,59,60)(H2,56,57,58)/b10-9-,13-12-,16-15-,20-18-,24-21-,25-22-,30-26-/t39-,40?,41?,44?,45?,46?,47?,48-,49+/m1/s1. The number of carbonyl (C=O) groups is 2. The van der Waals surface area contributed by atoms with Gasteiger partial charge >= 0.3 is 27.6 Å². The van der Waals surface area contributed by atoms with Gasteiger partial charge in [-0.3, -0.25) is 23.2 Å². The predicted molar refractivity (Wildman–Crippen MR) is 259 cm³/mol. The summed E-state index contributed by atoms with van der Waals surface area (Å²) in [5, 5.41) is 41.3. The van der Waals surface area contributed by atoms with Gasteiger partial charge in [-0.25, -0.2) is 9.13 Å². The van der Waals surface area contributed by atoms with Gasteiger partial charge in [0.2, 0.25) is 0 Å². The first-order valence-electron chi connectivity index (χ1n) is 24.3. The summed E-state index contributed by atoms with van der Waals surface area (Å²) in [5.41, 5.74) is 0. The Morgan fingerprint density at radius 1 is 0.544 bits per heavy atom. The Balaban J connectivity index is 1.84. The van der Waals surface area contributed by atoms with Gasteiger partial charge in [-0.05, 0) is 83.5 Å². The SMILES string of the molecule is CCCCC/C=C\C/C=C\C/C=C\C/C=C\CCCC(=O)OC[C@H](COP(=O)(O)O[C@H]1C(O)C(O)C(O)[C@@H](OP(=O)(O)O)C1O)OC(=O)CCC/C=C\C/C=C\C/C=C\CC1OC1CCCCC. The Morgan fingerprint density at radius 3 is 1.54 bits per heavy atom. The summed E-state index contributed by atoms with van der Waals surface area (Å²) in [6.07, 6.45) is 31.5. The second-order valence-electron chi connectivity index (χ2n) is 16.9. The molecule has 68 heavy (non-hydrogen) atoms. The summed E-state index contributed by atoms with van der Waals surface area (Å²) in [6, 6.07) is 0. The van der Waals surface area contributed by atoms with Crippen LogP contribution < -0.4 is 0 Å². The molecule has 10 atom stereocenters. The number of esters is 2. The Kier molecular flexibility index (Phi) is 32.5. The summed E-state index contributed by atoms with van der Waals surface area (Å²) in [5.74, 6) is -1.35. The fourth-order valence-corrected chi connectivity index (χ4v) is 8.52. The molecule has 17 nitrogen and oxygen atoms in total. The maximum Gasteiger partial charge on any atom is 0.472 e. The van der Waals surface area contributed by atoms with E-state index in [1.807, 2.05) is 30.4 Å². The van der Waals surface area contributed by atoms with Crippen molar-refractivity contribution in [3.8, 4) is 0 Å². The van der Waals surface area contributed by atoms with Crippen LogP contribution in [0.5, 0.6) is 0 Å². The van der Waals surface area contributed by atoms with Crippen LogP contribution in [0.2, 0.25) is 0 Å². The normalized spacial score (nSPS) is 25.0. The number of phosphoric acid groups is 2. The zero-order valence-corrected chi connectivity index (χ0v) is 41.7. The van der Waals surface area contributed by atoms with Gasteiger partial charge in [0.15, 0.2) is 6.10 Å². The number of allylic oxidation sites excluding steroid dienone is 13. The minimum Gasteiger partial charge on any atom is -0.462 e. The van der Waals surface area contributed by atoms with Crippen LogP contribution in [-0.2, 0) is 46.5 Å². The number of unbranched alkanes of at least 4 members (excludes halogenated alkanes) is 7. The van der Waals surface area contributed by atoms with Crippen LogP contribution in [0, 0.1) is 0 Å². The second-order valence-corrected chi connectivity index (χ2v) is 19.5. The third-order valence-electron chi connectivity index (χ3n) is 10.9. The Labute approximate surface area is 403 Å². The number of epoxide rings is 1. The van der Waals surface area contributed by atoms with Crippen LogP contribution in [0.25, 0.3) is 0 Å². The van der Waals surface area contributed by atoms with Crippen molar-refractivity contribution >= 4 is 27.6 Å². The molecule has 0 aromatic carbocycles. The number of rotatable bonds is 38. The van der Waals surface area contributed by atoms with E-state index in [9.17, 15) is 53.8 Å². The minimum absolute atomic E-state index is 0.0261. The molecule has 1 saturated carbocycles. The first-order chi connectivity index (χ1) is 32.6. The van der Waals surface area contributed by atoms with E-state index in [1.54, 1.807) is 0 Å². The molecule has 7 N–H and O–H groups in total. The van der Waals surface area contributed by atoms with Crippen LogP contribution in [0.1, 0.15) is 142 Å². The first-order valence-corrected chi connectivity index (χ1v) is 27.3. The lowest BCUT2D eigenvalue weighted by Crippen LogP contribution is -2.64. The molecule has 0 amide bonds. The number of aliphatic hydroxyl groups is 4.